The van der Waals surface area contributed by atoms with Crippen LogP contribution in [0.15, 0.2) is 0 Å². The van der Waals surface area contributed by atoms with E-state index in [1.54, 1.807) is 0 Å². The van der Waals surface area contributed by atoms with Crippen LogP contribution in [0.1, 0.15) is 53.9 Å². The Morgan fingerprint density at radius 3 is 1.75 bits per heavy atom. The maximum atomic E-state index is 6.31. The van der Waals surface area contributed by atoms with E-state index in [2.05, 4.69) is 34.6 Å². The van der Waals surface area contributed by atoms with Crippen molar-refractivity contribution in [3.8, 4) is 0 Å². The van der Waals surface area contributed by atoms with Crippen LogP contribution in [-0.4, -0.2) is 18.0 Å². The van der Waals surface area contributed by atoms with Crippen LogP contribution in [0.3, 0.4) is 0 Å². The van der Waals surface area contributed by atoms with Crippen LogP contribution in [-0.2, 0) is 9.47 Å². The lowest BCUT2D eigenvalue weighted by molar-refractivity contribution is -0.237. The first kappa shape index (κ1) is 12.4. The summed E-state index contributed by atoms with van der Waals surface area (Å²) in [5.41, 5.74) is 0. The molecule has 1 aliphatic heterocycles. The smallest absolute Gasteiger partial charge is 0.173 e. The molecule has 2 heteroatoms. The first-order chi connectivity index (χ1) is 7.49. The molecule has 2 rings (SSSR count). The summed E-state index contributed by atoms with van der Waals surface area (Å²) < 4.78 is 12.6. The summed E-state index contributed by atoms with van der Waals surface area (Å²) in [5.74, 6) is 1.34. The molecule has 0 N–H and O–H groups in total. The van der Waals surface area contributed by atoms with Gasteiger partial charge in [-0.2, -0.15) is 0 Å². The van der Waals surface area contributed by atoms with Crippen LogP contribution in [0.5, 0.6) is 0 Å². The summed E-state index contributed by atoms with van der Waals surface area (Å²) in [7, 11) is 0. The second-order valence-corrected chi connectivity index (χ2v) is 6.09. The van der Waals surface area contributed by atoms with E-state index < -0.39 is 0 Å². The Bertz CT molecular complexity index is 223. The van der Waals surface area contributed by atoms with E-state index in [9.17, 15) is 0 Å². The molecular formula is C14H26O2. The largest absolute Gasteiger partial charge is 0.343 e. The van der Waals surface area contributed by atoms with Gasteiger partial charge in [0.15, 0.2) is 5.79 Å². The van der Waals surface area contributed by atoms with Crippen molar-refractivity contribution >= 4 is 0 Å². The molecule has 0 spiro atoms. The third-order valence-electron chi connectivity index (χ3n) is 4.40. The van der Waals surface area contributed by atoms with Crippen LogP contribution in [0.25, 0.3) is 0 Å². The predicted molar refractivity (Wildman–Crippen MR) is 65.2 cm³/mol. The molecule has 1 saturated heterocycles. The molecule has 1 heterocycles. The SMILES string of the molecule is CCC1CC2OC(C(C)C)(C(C)C)OC2C1. The zero-order valence-corrected chi connectivity index (χ0v) is 11.3. The van der Waals surface area contributed by atoms with Crippen molar-refractivity contribution in [1.82, 2.24) is 0 Å². The number of rotatable bonds is 3. The minimum Gasteiger partial charge on any atom is -0.343 e. The molecule has 2 aliphatic rings. The maximum Gasteiger partial charge on any atom is 0.173 e. The van der Waals surface area contributed by atoms with E-state index in [4.69, 9.17) is 9.47 Å². The molecule has 1 saturated carbocycles. The van der Waals surface area contributed by atoms with E-state index in [1.807, 2.05) is 0 Å². The summed E-state index contributed by atoms with van der Waals surface area (Å²) in [4.78, 5) is 0. The second-order valence-electron chi connectivity index (χ2n) is 6.09. The topological polar surface area (TPSA) is 18.5 Å². The van der Waals surface area contributed by atoms with Crippen molar-refractivity contribution < 1.29 is 9.47 Å². The average Bonchev–Trinajstić information content (AvgIpc) is 2.71. The Balaban J connectivity index is 2.09. The fraction of sp³-hybridized carbons (Fsp3) is 1.00. The van der Waals surface area contributed by atoms with Gasteiger partial charge in [-0.1, -0.05) is 41.0 Å². The summed E-state index contributed by atoms with van der Waals surface area (Å²) >= 11 is 0. The molecule has 16 heavy (non-hydrogen) atoms. The third kappa shape index (κ3) is 1.80. The molecule has 0 aromatic rings. The first-order valence-corrected chi connectivity index (χ1v) is 6.85. The molecule has 2 fully saturated rings. The minimum atomic E-state index is -0.325. The molecule has 0 radical (unpaired) electrons. The van der Waals surface area contributed by atoms with E-state index in [1.165, 1.54) is 19.3 Å². The standard InChI is InChI=1S/C14H26O2/c1-6-11-7-12-13(8-11)16-14(15-12,9(2)3)10(4)5/h9-13H,6-8H2,1-5H3. The van der Waals surface area contributed by atoms with Crippen molar-refractivity contribution in [1.29, 1.82) is 0 Å². The summed E-state index contributed by atoms with van der Waals surface area (Å²) in [6, 6.07) is 0. The maximum absolute atomic E-state index is 6.31. The Labute approximate surface area is 99.7 Å². The second kappa shape index (κ2) is 4.30. The van der Waals surface area contributed by atoms with Crippen molar-refractivity contribution in [3.05, 3.63) is 0 Å². The van der Waals surface area contributed by atoms with E-state index >= 15 is 0 Å². The average molecular weight is 226 g/mol. The molecule has 0 aromatic heterocycles. The lowest BCUT2D eigenvalue weighted by Gasteiger charge is -2.37. The minimum absolute atomic E-state index is 0.325. The Morgan fingerprint density at radius 1 is 1.00 bits per heavy atom. The number of ether oxygens (including phenoxy) is 2. The fourth-order valence-electron chi connectivity index (χ4n) is 3.35. The van der Waals surface area contributed by atoms with Crippen LogP contribution >= 0.6 is 0 Å². The highest BCUT2D eigenvalue weighted by Crippen LogP contribution is 2.47. The van der Waals surface area contributed by atoms with Gasteiger partial charge in [0.05, 0.1) is 12.2 Å². The normalized spacial score (nSPS) is 37.3. The summed E-state index contributed by atoms with van der Waals surface area (Å²) in [5, 5.41) is 0. The van der Waals surface area contributed by atoms with Crippen LogP contribution < -0.4 is 0 Å². The van der Waals surface area contributed by atoms with Gasteiger partial charge >= 0.3 is 0 Å². The van der Waals surface area contributed by atoms with E-state index in [-0.39, 0.29) is 5.79 Å². The molecule has 1 aliphatic carbocycles. The highest BCUT2D eigenvalue weighted by atomic mass is 16.8. The van der Waals surface area contributed by atoms with Crippen molar-refractivity contribution in [2.24, 2.45) is 17.8 Å². The van der Waals surface area contributed by atoms with Gasteiger partial charge in [-0.25, -0.2) is 0 Å². The monoisotopic (exact) mass is 226 g/mol. The van der Waals surface area contributed by atoms with Gasteiger partial charge in [-0.3, -0.25) is 0 Å². The van der Waals surface area contributed by atoms with Crippen LogP contribution in [0.2, 0.25) is 0 Å². The van der Waals surface area contributed by atoms with Gasteiger partial charge < -0.3 is 9.47 Å². The van der Waals surface area contributed by atoms with E-state index in [0.717, 1.165) is 5.92 Å². The van der Waals surface area contributed by atoms with Gasteiger partial charge in [0, 0.05) is 11.8 Å². The van der Waals surface area contributed by atoms with Gasteiger partial charge in [0.1, 0.15) is 0 Å². The van der Waals surface area contributed by atoms with E-state index in [0.29, 0.717) is 24.0 Å². The summed E-state index contributed by atoms with van der Waals surface area (Å²) in [6.07, 6.45) is 4.37. The number of fused-ring (bicyclic) bond motifs is 1. The lowest BCUT2D eigenvalue weighted by atomic mass is 9.91. The molecule has 0 bridgehead atoms. The number of hydrogen-bond acceptors (Lipinski definition) is 2. The van der Waals surface area contributed by atoms with Crippen LogP contribution in [0, 0.1) is 17.8 Å². The molecule has 2 atom stereocenters. The molecule has 94 valence electrons. The Morgan fingerprint density at radius 2 is 1.44 bits per heavy atom. The molecule has 0 amide bonds. The van der Waals surface area contributed by atoms with Crippen LogP contribution in [0.4, 0.5) is 0 Å². The zero-order valence-electron chi connectivity index (χ0n) is 11.3. The summed E-state index contributed by atoms with van der Waals surface area (Å²) in [6.45, 7) is 11.1. The van der Waals surface area contributed by atoms with Gasteiger partial charge in [-0.15, -0.1) is 0 Å². The quantitative estimate of drug-likeness (QED) is 0.732. The van der Waals surface area contributed by atoms with Gasteiger partial charge in [-0.05, 0) is 18.8 Å². The van der Waals surface area contributed by atoms with Gasteiger partial charge in [0.25, 0.3) is 0 Å². The number of hydrogen-bond donors (Lipinski definition) is 0. The highest BCUT2D eigenvalue weighted by molar-refractivity contribution is 4.95. The first-order valence-electron chi connectivity index (χ1n) is 6.85. The van der Waals surface area contributed by atoms with Gasteiger partial charge in [0.2, 0.25) is 0 Å². The molecule has 0 aromatic carbocycles. The third-order valence-corrected chi connectivity index (χ3v) is 4.40. The molecular weight excluding hydrogens is 200 g/mol. The zero-order chi connectivity index (χ0) is 11.9. The Kier molecular flexibility index (Phi) is 3.33. The highest BCUT2D eigenvalue weighted by Gasteiger charge is 2.54. The molecule has 2 unspecified atom stereocenters. The van der Waals surface area contributed by atoms with Crippen molar-refractivity contribution in [2.75, 3.05) is 0 Å². The van der Waals surface area contributed by atoms with Crippen molar-refractivity contribution in [3.63, 3.8) is 0 Å². The molecule has 2 nitrogen and oxygen atoms in total. The van der Waals surface area contributed by atoms with Crippen molar-refractivity contribution in [2.45, 2.75) is 71.9 Å². The fourth-order valence-corrected chi connectivity index (χ4v) is 3.35. The lowest BCUT2D eigenvalue weighted by Crippen LogP contribution is -2.43. The predicted octanol–water partition coefficient (Wildman–Crippen LogP) is 3.60. The Hall–Kier alpha value is -0.0800.